The van der Waals surface area contributed by atoms with Crippen molar-refractivity contribution in [1.29, 1.82) is 0 Å². The largest absolute Gasteiger partial charge is 0.491 e. The van der Waals surface area contributed by atoms with Crippen LogP contribution in [-0.2, 0) is 19.5 Å². The molecular formula is C25H32N2O2. The first kappa shape index (κ1) is 21.3. The second-order valence-electron chi connectivity index (χ2n) is 7.60. The van der Waals surface area contributed by atoms with Gasteiger partial charge in [0.1, 0.15) is 18.5 Å². The Kier molecular flexibility index (Phi) is 8.05. The van der Waals surface area contributed by atoms with Crippen molar-refractivity contribution in [2.45, 2.75) is 25.6 Å². The van der Waals surface area contributed by atoms with E-state index in [4.69, 9.17) is 4.74 Å². The van der Waals surface area contributed by atoms with E-state index in [0.717, 1.165) is 50.5 Å². The molecule has 0 spiro atoms. The van der Waals surface area contributed by atoms with Crippen LogP contribution in [0.2, 0.25) is 0 Å². The summed E-state index contributed by atoms with van der Waals surface area (Å²) in [6.45, 7) is 12.8. The molecule has 4 heteroatoms. The number of rotatable bonds is 11. The molecule has 0 saturated carbocycles. The maximum atomic E-state index is 10.5. The molecule has 1 atom stereocenters. The number of ether oxygens (including phenoxy) is 1. The van der Waals surface area contributed by atoms with Crippen LogP contribution >= 0.6 is 0 Å². The number of fused-ring (bicyclic) bond motifs is 1. The lowest BCUT2D eigenvalue weighted by Gasteiger charge is -2.30. The third-order valence-corrected chi connectivity index (χ3v) is 5.25. The average molecular weight is 393 g/mol. The summed E-state index contributed by atoms with van der Waals surface area (Å²) in [5.74, 6) is 0.827. The highest BCUT2D eigenvalue weighted by Crippen LogP contribution is 2.21. The molecule has 1 heterocycles. The third-order valence-electron chi connectivity index (χ3n) is 5.25. The van der Waals surface area contributed by atoms with E-state index >= 15 is 0 Å². The number of β-amino-alcohol motifs (C(OH)–C–C–N with tert-alkyl or cyclic N) is 1. The molecule has 1 N–H and O–H groups in total. The first-order valence-electron chi connectivity index (χ1n) is 10.3. The summed E-state index contributed by atoms with van der Waals surface area (Å²) in [4.78, 5) is 4.54. The van der Waals surface area contributed by atoms with Gasteiger partial charge in [0, 0.05) is 44.8 Å². The van der Waals surface area contributed by atoms with E-state index in [9.17, 15) is 5.11 Å². The van der Waals surface area contributed by atoms with Gasteiger partial charge in [-0.25, -0.2) is 0 Å². The normalized spacial score (nSPS) is 15.0. The van der Waals surface area contributed by atoms with Gasteiger partial charge in [-0.05, 0) is 23.6 Å². The van der Waals surface area contributed by atoms with Gasteiger partial charge >= 0.3 is 0 Å². The quantitative estimate of drug-likeness (QED) is 0.592. The number of hydrogen-bond donors (Lipinski definition) is 1. The third kappa shape index (κ3) is 6.29. The second kappa shape index (κ2) is 11.0. The highest BCUT2D eigenvalue weighted by atomic mass is 16.5. The van der Waals surface area contributed by atoms with Crippen LogP contribution < -0.4 is 4.74 Å². The molecule has 2 aromatic rings. The Morgan fingerprint density at radius 3 is 2.48 bits per heavy atom. The van der Waals surface area contributed by atoms with Crippen LogP contribution in [-0.4, -0.2) is 53.8 Å². The summed E-state index contributed by atoms with van der Waals surface area (Å²) < 4.78 is 6.01. The van der Waals surface area contributed by atoms with E-state index in [1.165, 1.54) is 11.1 Å². The first-order valence-corrected chi connectivity index (χ1v) is 10.3. The van der Waals surface area contributed by atoms with Crippen LogP contribution in [0.5, 0.6) is 5.75 Å². The molecule has 154 valence electrons. The fraction of sp³-hybridized carbons (Fsp3) is 0.360. The van der Waals surface area contributed by atoms with E-state index in [2.05, 4.69) is 53.3 Å². The van der Waals surface area contributed by atoms with Crippen molar-refractivity contribution in [1.82, 2.24) is 9.80 Å². The number of aliphatic hydroxyl groups excluding tert-OH is 1. The molecule has 4 nitrogen and oxygen atoms in total. The zero-order valence-corrected chi connectivity index (χ0v) is 17.2. The van der Waals surface area contributed by atoms with Crippen molar-refractivity contribution in [2.75, 3.05) is 32.8 Å². The molecule has 0 amide bonds. The van der Waals surface area contributed by atoms with Gasteiger partial charge in [-0.2, -0.15) is 0 Å². The van der Waals surface area contributed by atoms with Crippen molar-refractivity contribution >= 4 is 0 Å². The highest BCUT2D eigenvalue weighted by Gasteiger charge is 2.19. The lowest BCUT2D eigenvalue weighted by molar-refractivity contribution is 0.0632. The van der Waals surface area contributed by atoms with Gasteiger partial charge in [0.2, 0.25) is 0 Å². The topological polar surface area (TPSA) is 35.9 Å². The van der Waals surface area contributed by atoms with Gasteiger partial charge in [-0.3, -0.25) is 9.80 Å². The molecule has 29 heavy (non-hydrogen) atoms. The van der Waals surface area contributed by atoms with Crippen LogP contribution in [0.4, 0.5) is 0 Å². The number of nitrogens with zero attached hydrogens (tertiary/aromatic N) is 2. The highest BCUT2D eigenvalue weighted by molar-refractivity contribution is 5.33. The Balaban J connectivity index is 1.53. The van der Waals surface area contributed by atoms with E-state index in [1.54, 1.807) is 0 Å². The van der Waals surface area contributed by atoms with Crippen LogP contribution in [0.15, 0.2) is 73.8 Å². The number of hydrogen-bond acceptors (Lipinski definition) is 4. The fourth-order valence-electron chi connectivity index (χ4n) is 3.83. The molecule has 0 aliphatic carbocycles. The molecule has 3 rings (SSSR count). The molecule has 0 aromatic heterocycles. The standard InChI is InChI=1S/C25H32N2O2/c1-3-14-26(15-4-2)18-23-11-7-8-12-25(23)29-20-24(28)19-27-16-13-21-9-5-6-10-22(21)17-27/h3-12,24,28H,1-2,13-20H2. The van der Waals surface area contributed by atoms with E-state index in [1.807, 2.05) is 30.4 Å². The monoisotopic (exact) mass is 392 g/mol. The van der Waals surface area contributed by atoms with E-state index in [0.29, 0.717) is 6.54 Å². The predicted molar refractivity (Wildman–Crippen MR) is 119 cm³/mol. The van der Waals surface area contributed by atoms with Gasteiger partial charge in [-0.1, -0.05) is 54.6 Å². The lowest BCUT2D eigenvalue weighted by atomic mass is 10.00. The second-order valence-corrected chi connectivity index (χ2v) is 7.60. The smallest absolute Gasteiger partial charge is 0.123 e. The lowest BCUT2D eigenvalue weighted by Crippen LogP contribution is -2.38. The zero-order chi connectivity index (χ0) is 20.5. The minimum Gasteiger partial charge on any atom is -0.491 e. The SMILES string of the molecule is C=CCN(CC=C)Cc1ccccc1OCC(O)CN1CCc2ccccc2C1. The number of benzene rings is 2. The van der Waals surface area contributed by atoms with Gasteiger partial charge < -0.3 is 9.84 Å². The molecular weight excluding hydrogens is 360 g/mol. The summed E-state index contributed by atoms with van der Waals surface area (Å²) in [7, 11) is 0. The molecule has 0 saturated heterocycles. The Bertz CT molecular complexity index is 795. The van der Waals surface area contributed by atoms with E-state index < -0.39 is 6.10 Å². The summed E-state index contributed by atoms with van der Waals surface area (Å²) in [6, 6.07) is 16.6. The van der Waals surface area contributed by atoms with Crippen LogP contribution in [0.3, 0.4) is 0 Å². The average Bonchev–Trinajstić information content (AvgIpc) is 2.73. The summed E-state index contributed by atoms with van der Waals surface area (Å²) in [5, 5.41) is 10.5. The summed E-state index contributed by atoms with van der Waals surface area (Å²) in [5.41, 5.74) is 3.89. The molecule has 0 radical (unpaired) electrons. The van der Waals surface area contributed by atoms with Gasteiger partial charge in [0.25, 0.3) is 0 Å². The van der Waals surface area contributed by atoms with Crippen molar-refractivity contribution in [2.24, 2.45) is 0 Å². The van der Waals surface area contributed by atoms with Crippen molar-refractivity contribution in [3.05, 3.63) is 90.5 Å². The minimum atomic E-state index is -0.522. The molecule has 2 aromatic carbocycles. The van der Waals surface area contributed by atoms with Gasteiger partial charge in [0.05, 0.1) is 0 Å². The molecule has 1 aliphatic heterocycles. The Morgan fingerprint density at radius 1 is 1.03 bits per heavy atom. The number of aliphatic hydroxyl groups is 1. The summed E-state index contributed by atoms with van der Waals surface area (Å²) >= 11 is 0. The maximum Gasteiger partial charge on any atom is 0.123 e. The summed E-state index contributed by atoms with van der Waals surface area (Å²) in [6.07, 6.45) is 4.31. The van der Waals surface area contributed by atoms with Crippen LogP contribution in [0.1, 0.15) is 16.7 Å². The van der Waals surface area contributed by atoms with Crippen molar-refractivity contribution < 1.29 is 9.84 Å². The van der Waals surface area contributed by atoms with Crippen molar-refractivity contribution in [3.8, 4) is 5.75 Å². The minimum absolute atomic E-state index is 0.290. The van der Waals surface area contributed by atoms with Crippen molar-refractivity contribution in [3.63, 3.8) is 0 Å². The Morgan fingerprint density at radius 2 is 1.72 bits per heavy atom. The van der Waals surface area contributed by atoms with Crippen LogP contribution in [0.25, 0.3) is 0 Å². The predicted octanol–water partition coefficient (Wildman–Crippen LogP) is 3.66. The van der Waals surface area contributed by atoms with Crippen LogP contribution in [0, 0.1) is 0 Å². The fourth-order valence-corrected chi connectivity index (χ4v) is 3.83. The van der Waals surface area contributed by atoms with E-state index in [-0.39, 0.29) is 6.61 Å². The van der Waals surface area contributed by atoms with Gasteiger partial charge in [-0.15, -0.1) is 13.2 Å². The Labute approximate surface area is 174 Å². The molecule has 1 unspecified atom stereocenters. The first-order chi connectivity index (χ1) is 14.2. The molecule has 0 bridgehead atoms. The molecule has 0 fully saturated rings. The Hall–Kier alpha value is -2.40. The number of para-hydroxylation sites is 1. The molecule has 1 aliphatic rings. The van der Waals surface area contributed by atoms with Gasteiger partial charge in [0.15, 0.2) is 0 Å². The zero-order valence-electron chi connectivity index (χ0n) is 17.2. The maximum absolute atomic E-state index is 10.5.